The molecular weight excluding hydrogens is 535 g/mol. The Kier molecular flexibility index (Phi) is 7.41. The Hall–Kier alpha value is -2.44. The minimum atomic E-state index is -4.63. The van der Waals surface area contributed by atoms with Gasteiger partial charge >= 0.3 is 0 Å². The average Bonchev–Trinajstić information content (AvgIpc) is 2.78. The Morgan fingerprint density at radius 3 is 1.17 bits per heavy atom. The van der Waals surface area contributed by atoms with Gasteiger partial charge in [0.1, 0.15) is 23.2 Å². The Labute approximate surface area is 204 Å². The lowest BCUT2D eigenvalue weighted by molar-refractivity contribution is 0.481. The topological polar surface area (TPSA) is 163 Å². The predicted octanol–water partition coefficient (Wildman–Crippen LogP) is 2.30. The van der Waals surface area contributed by atoms with Crippen LogP contribution in [0.25, 0.3) is 0 Å². The number of rotatable bonds is 8. The molecule has 0 fully saturated rings. The third-order valence-electron chi connectivity index (χ3n) is 5.52. The average molecular weight is 558 g/mol. The van der Waals surface area contributed by atoms with Crippen molar-refractivity contribution in [2.45, 2.75) is 27.3 Å². The van der Waals surface area contributed by atoms with Crippen molar-refractivity contribution in [3.05, 3.63) is 85.5 Å². The summed E-state index contributed by atoms with van der Waals surface area (Å²) >= 11 is 0. The molecule has 0 spiro atoms. The van der Waals surface area contributed by atoms with Gasteiger partial charge in [-0.25, -0.2) is 0 Å². The molecule has 0 aliphatic rings. The van der Waals surface area contributed by atoms with Crippen molar-refractivity contribution < 1.29 is 38.9 Å². The molecule has 3 aromatic carbocycles. The molecule has 1 atom stereocenters. The molecule has 3 aromatic rings. The first kappa shape index (κ1) is 27.2. The van der Waals surface area contributed by atoms with Gasteiger partial charge in [-0.3, -0.25) is 13.7 Å². The number of hydrogen-bond acceptors (Lipinski definition) is 6. The Morgan fingerprint density at radius 2 is 0.943 bits per heavy atom. The molecule has 0 aliphatic heterocycles. The van der Waals surface area contributed by atoms with Crippen molar-refractivity contribution in [2.24, 2.45) is 0 Å². The van der Waals surface area contributed by atoms with Gasteiger partial charge < -0.3 is 0 Å². The van der Waals surface area contributed by atoms with E-state index < -0.39 is 58.0 Å². The summed E-state index contributed by atoms with van der Waals surface area (Å²) in [5, 5.41) is 1.04. The number of hydrogen-bond donors (Lipinski definition) is 3. The standard InChI is InChI=1S/C22H21O9PS3/c1-3-16(2)32(17-7-4-10-20(13-17)33(23,24)25,18-8-5-11-21(14-18)34(26,27)28)19-9-6-12-22(15-19)35(29,30)31/h3-16H,1H2,2H3,(H2-,23,24,25,26,27,28,29,30,31)/p+1. The molecular formula is C22H22O9PS3+. The fraction of sp³-hybridized carbons (Fsp3) is 0.0909. The van der Waals surface area contributed by atoms with Crippen LogP contribution in [0.1, 0.15) is 6.92 Å². The van der Waals surface area contributed by atoms with E-state index in [1.54, 1.807) is 31.2 Å². The lowest BCUT2D eigenvalue weighted by Crippen LogP contribution is -2.37. The van der Waals surface area contributed by atoms with E-state index in [9.17, 15) is 38.9 Å². The molecule has 0 heterocycles. The lowest BCUT2D eigenvalue weighted by Gasteiger charge is -2.32. The van der Waals surface area contributed by atoms with Crippen LogP contribution < -0.4 is 15.9 Å². The summed E-state index contributed by atoms with van der Waals surface area (Å²) in [6, 6.07) is 16.1. The second-order valence-electron chi connectivity index (χ2n) is 7.62. The van der Waals surface area contributed by atoms with Crippen LogP contribution in [0.5, 0.6) is 0 Å². The van der Waals surface area contributed by atoms with E-state index in [4.69, 9.17) is 0 Å². The minimum Gasteiger partial charge on any atom is -0.282 e. The van der Waals surface area contributed by atoms with Crippen molar-refractivity contribution >= 4 is 53.5 Å². The molecule has 35 heavy (non-hydrogen) atoms. The van der Waals surface area contributed by atoms with E-state index in [0.717, 1.165) is 0 Å². The SMILES string of the molecule is C=CC(C)[P+](c1cccc(S(=O)(=O)O)c1)(c1cccc(S(=O)(=O)O)c1)c1cccc(S(=O)(=O)O)c1. The van der Waals surface area contributed by atoms with Crippen LogP contribution in [-0.4, -0.2) is 44.6 Å². The fourth-order valence-corrected chi connectivity index (χ4v) is 10.4. The zero-order valence-electron chi connectivity index (χ0n) is 18.3. The molecule has 0 radical (unpaired) electrons. The van der Waals surface area contributed by atoms with Gasteiger partial charge in [0.15, 0.2) is 0 Å². The quantitative estimate of drug-likeness (QED) is 0.214. The van der Waals surface area contributed by atoms with Gasteiger partial charge in [0.2, 0.25) is 0 Å². The van der Waals surface area contributed by atoms with Crippen LogP contribution in [0.2, 0.25) is 0 Å². The molecule has 0 amide bonds. The Bertz CT molecular complexity index is 1430. The highest BCUT2D eigenvalue weighted by Gasteiger charge is 2.50. The molecule has 0 bridgehead atoms. The highest BCUT2D eigenvalue weighted by atomic mass is 32.2. The smallest absolute Gasteiger partial charge is 0.282 e. The maximum Gasteiger partial charge on any atom is 0.294 e. The summed E-state index contributed by atoms with van der Waals surface area (Å²) in [5.74, 6) is 0. The molecule has 186 valence electrons. The third-order valence-corrected chi connectivity index (χ3v) is 12.8. The van der Waals surface area contributed by atoms with Crippen LogP contribution in [0.4, 0.5) is 0 Å². The Morgan fingerprint density at radius 1 is 0.657 bits per heavy atom. The summed E-state index contributed by atoms with van der Waals surface area (Å²) in [6.45, 7) is 5.58. The summed E-state index contributed by atoms with van der Waals surface area (Å²) < 4.78 is 100. The predicted molar refractivity (Wildman–Crippen MR) is 134 cm³/mol. The van der Waals surface area contributed by atoms with Gasteiger partial charge in [0.05, 0.1) is 20.3 Å². The van der Waals surface area contributed by atoms with Gasteiger partial charge in [-0.1, -0.05) is 30.9 Å². The van der Waals surface area contributed by atoms with Gasteiger partial charge in [-0.05, 0) is 43.3 Å². The molecule has 13 heteroatoms. The zero-order chi connectivity index (χ0) is 26.2. The van der Waals surface area contributed by atoms with E-state index in [0.29, 0.717) is 15.9 Å². The van der Waals surface area contributed by atoms with Crippen molar-refractivity contribution in [1.29, 1.82) is 0 Å². The first-order valence-electron chi connectivity index (χ1n) is 9.87. The molecule has 0 aliphatic carbocycles. The van der Waals surface area contributed by atoms with Gasteiger partial charge in [-0.15, -0.1) is 0 Å². The third kappa shape index (κ3) is 5.39. The zero-order valence-corrected chi connectivity index (χ0v) is 21.6. The summed E-state index contributed by atoms with van der Waals surface area (Å²) in [5.41, 5.74) is -0.535. The second kappa shape index (κ2) is 9.55. The normalized spacial score (nSPS) is 13.8. The van der Waals surface area contributed by atoms with Crippen molar-refractivity contribution in [3.63, 3.8) is 0 Å². The van der Waals surface area contributed by atoms with Crippen LogP contribution in [0.15, 0.2) is 100 Å². The van der Waals surface area contributed by atoms with Gasteiger partial charge in [-0.2, -0.15) is 25.3 Å². The van der Waals surface area contributed by atoms with E-state index in [1.165, 1.54) is 54.6 Å². The number of allylic oxidation sites excluding steroid dienone is 1. The summed E-state index contributed by atoms with van der Waals surface area (Å²) in [6.07, 6.45) is 1.55. The molecule has 0 saturated carbocycles. The maximum absolute atomic E-state index is 11.9. The van der Waals surface area contributed by atoms with Crippen LogP contribution >= 0.6 is 7.26 Å². The first-order valence-corrected chi connectivity index (χ1v) is 16.1. The largest absolute Gasteiger partial charge is 0.294 e. The Balaban J connectivity index is 2.57. The lowest BCUT2D eigenvalue weighted by atomic mass is 10.3. The molecule has 0 aromatic heterocycles. The van der Waals surface area contributed by atoms with Crippen molar-refractivity contribution in [1.82, 2.24) is 0 Å². The second-order valence-corrected chi connectivity index (χ2v) is 15.7. The van der Waals surface area contributed by atoms with Crippen LogP contribution in [0.3, 0.4) is 0 Å². The van der Waals surface area contributed by atoms with Crippen molar-refractivity contribution in [2.75, 3.05) is 0 Å². The van der Waals surface area contributed by atoms with Crippen LogP contribution in [-0.2, 0) is 30.4 Å². The molecule has 0 saturated heterocycles. The highest BCUT2D eigenvalue weighted by Crippen LogP contribution is 2.60. The summed E-state index contributed by atoms with van der Waals surface area (Å²) in [4.78, 5) is -1.27. The van der Waals surface area contributed by atoms with E-state index >= 15 is 0 Å². The summed E-state index contributed by atoms with van der Waals surface area (Å²) in [7, 11) is -17.1. The fourth-order valence-electron chi connectivity index (χ4n) is 3.90. The minimum absolute atomic E-state index is 0.347. The van der Waals surface area contributed by atoms with Gasteiger partial charge in [0.25, 0.3) is 30.4 Å². The molecule has 3 rings (SSSR count). The molecule has 1 unspecified atom stereocenters. The van der Waals surface area contributed by atoms with E-state index in [-0.39, 0.29) is 0 Å². The monoisotopic (exact) mass is 557 g/mol. The number of benzene rings is 3. The van der Waals surface area contributed by atoms with E-state index in [1.807, 2.05) is 0 Å². The molecule has 9 nitrogen and oxygen atoms in total. The van der Waals surface area contributed by atoms with Crippen molar-refractivity contribution in [3.8, 4) is 0 Å². The first-order chi connectivity index (χ1) is 16.1. The van der Waals surface area contributed by atoms with E-state index in [2.05, 4.69) is 6.58 Å². The molecule has 3 N–H and O–H groups in total. The maximum atomic E-state index is 11.9. The highest BCUT2D eigenvalue weighted by molar-refractivity contribution is 7.96. The van der Waals surface area contributed by atoms with Crippen LogP contribution in [0, 0.1) is 0 Å². The van der Waals surface area contributed by atoms with Gasteiger partial charge in [0, 0.05) is 18.2 Å².